The lowest BCUT2D eigenvalue weighted by atomic mass is 9.99. The molecular formula is C28H37NO7. The van der Waals surface area contributed by atoms with E-state index in [2.05, 4.69) is 32.9 Å². The van der Waals surface area contributed by atoms with Crippen molar-refractivity contribution in [1.82, 2.24) is 4.90 Å². The number of fused-ring (bicyclic) bond motifs is 1. The molecule has 0 spiro atoms. The molecule has 0 saturated heterocycles. The normalized spacial score (nSPS) is 14.6. The average molecular weight is 500 g/mol. The van der Waals surface area contributed by atoms with E-state index in [-0.39, 0.29) is 47.6 Å². The quantitative estimate of drug-likeness (QED) is 0.269. The van der Waals surface area contributed by atoms with Crippen LogP contribution in [-0.2, 0) is 22.6 Å². The monoisotopic (exact) mass is 499 g/mol. The van der Waals surface area contributed by atoms with Gasteiger partial charge in [-0.1, -0.05) is 34.9 Å². The third-order valence-electron chi connectivity index (χ3n) is 6.38. The smallest absolute Gasteiger partial charge is 0.326 e. The van der Waals surface area contributed by atoms with Gasteiger partial charge in [-0.15, -0.1) is 0 Å². The summed E-state index contributed by atoms with van der Waals surface area (Å²) in [4.78, 5) is 36.4. The Morgan fingerprint density at radius 2 is 1.58 bits per heavy atom. The average Bonchev–Trinajstić information content (AvgIpc) is 3.09. The van der Waals surface area contributed by atoms with Crippen LogP contribution in [0.3, 0.4) is 0 Å². The number of aliphatic carboxylic acids is 2. The summed E-state index contributed by atoms with van der Waals surface area (Å²) in [6, 6.07) is -0.0865. The molecule has 0 fully saturated rings. The number of phenolic OH excluding ortho intramolecular Hbond substituents is 2. The van der Waals surface area contributed by atoms with E-state index >= 15 is 0 Å². The number of carboxylic acid groups (broad SMARTS) is 2. The van der Waals surface area contributed by atoms with E-state index in [0.29, 0.717) is 0 Å². The fourth-order valence-corrected chi connectivity index (χ4v) is 4.23. The van der Waals surface area contributed by atoms with Gasteiger partial charge in [0.2, 0.25) is 0 Å². The highest BCUT2D eigenvalue weighted by molar-refractivity contribution is 6.02. The molecule has 4 N–H and O–H groups in total. The maximum atomic E-state index is 12.8. The van der Waals surface area contributed by atoms with E-state index in [4.69, 9.17) is 5.11 Å². The maximum Gasteiger partial charge on any atom is 0.326 e. The molecule has 36 heavy (non-hydrogen) atoms. The van der Waals surface area contributed by atoms with Crippen LogP contribution in [0.4, 0.5) is 0 Å². The summed E-state index contributed by atoms with van der Waals surface area (Å²) in [6.45, 7) is 8.13. The van der Waals surface area contributed by atoms with Gasteiger partial charge in [0.05, 0.1) is 12.1 Å². The number of carbonyl (C=O) groups is 3. The molecule has 0 aromatic heterocycles. The molecule has 1 aliphatic rings. The van der Waals surface area contributed by atoms with Gasteiger partial charge in [0.25, 0.3) is 5.91 Å². The Morgan fingerprint density at radius 1 is 0.972 bits per heavy atom. The van der Waals surface area contributed by atoms with Crippen molar-refractivity contribution >= 4 is 17.8 Å². The SMILES string of the molecule is CC(C)=CCCC(C)=CCCC(C)=CCc1c(O)cc2c(c1O)CN([C@@H](CCC(=O)O)C(=O)O)C2=O. The second-order valence-corrected chi connectivity index (χ2v) is 9.63. The first-order chi connectivity index (χ1) is 16.9. The molecule has 1 aliphatic heterocycles. The van der Waals surface area contributed by atoms with Crippen LogP contribution >= 0.6 is 0 Å². The number of allylic oxidation sites excluding steroid dienone is 6. The Kier molecular flexibility index (Phi) is 10.3. The maximum absolute atomic E-state index is 12.8. The van der Waals surface area contributed by atoms with Gasteiger partial charge in [-0.2, -0.15) is 0 Å². The summed E-state index contributed by atoms with van der Waals surface area (Å²) in [5, 5.41) is 39.7. The summed E-state index contributed by atoms with van der Waals surface area (Å²) < 4.78 is 0. The molecule has 0 unspecified atom stereocenters. The fraction of sp³-hybridized carbons (Fsp3) is 0.464. The second kappa shape index (κ2) is 13.0. The third-order valence-corrected chi connectivity index (χ3v) is 6.38. The van der Waals surface area contributed by atoms with Gasteiger partial charge in [-0.05, 0) is 72.3 Å². The van der Waals surface area contributed by atoms with Crippen molar-refractivity contribution in [3.63, 3.8) is 0 Å². The van der Waals surface area contributed by atoms with E-state index in [1.54, 1.807) is 0 Å². The third kappa shape index (κ3) is 7.73. The van der Waals surface area contributed by atoms with Gasteiger partial charge in [-0.3, -0.25) is 9.59 Å². The number of carbonyl (C=O) groups excluding carboxylic acids is 1. The zero-order valence-corrected chi connectivity index (χ0v) is 21.5. The Bertz CT molecular complexity index is 1090. The van der Waals surface area contributed by atoms with Crippen molar-refractivity contribution in [3.8, 4) is 11.5 Å². The lowest BCUT2D eigenvalue weighted by molar-refractivity contribution is -0.143. The van der Waals surface area contributed by atoms with Gasteiger partial charge in [0, 0.05) is 17.5 Å². The van der Waals surface area contributed by atoms with Crippen LogP contribution in [0.25, 0.3) is 0 Å². The van der Waals surface area contributed by atoms with Crippen LogP contribution in [-0.4, -0.2) is 49.2 Å². The molecule has 1 heterocycles. The van der Waals surface area contributed by atoms with E-state index < -0.39 is 30.3 Å². The molecule has 0 aliphatic carbocycles. The first-order valence-corrected chi connectivity index (χ1v) is 12.2. The predicted molar refractivity (Wildman–Crippen MR) is 137 cm³/mol. The van der Waals surface area contributed by atoms with Gasteiger partial charge in [0.15, 0.2) is 0 Å². The zero-order chi connectivity index (χ0) is 27.0. The number of hydrogen-bond acceptors (Lipinski definition) is 5. The van der Waals surface area contributed by atoms with E-state index in [0.717, 1.165) is 36.2 Å². The highest BCUT2D eigenvalue weighted by atomic mass is 16.4. The summed E-state index contributed by atoms with van der Waals surface area (Å²) >= 11 is 0. The number of benzene rings is 1. The Hall–Kier alpha value is -3.55. The van der Waals surface area contributed by atoms with E-state index in [1.165, 1.54) is 17.2 Å². The molecule has 1 aromatic carbocycles. The predicted octanol–water partition coefficient (Wildman–Crippen LogP) is 5.33. The largest absolute Gasteiger partial charge is 0.507 e. The summed E-state index contributed by atoms with van der Waals surface area (Å²) in [5.41, 5.74) is 4.30. The Labute approximate surface area is 212 Å². The van der Waals surface area contributed by atoms with Crippen LogP contribution in [0.1, 0.15) is 87.7 Å². The number of rotatable bonds is 13. The molecule has 2 rings (SSSR count). The topological polar surface area (TPSA) is 135 Å². The van der Waals surface area contributed by atoms with Crippen molar-refractivity contribution in [2.45, 2.75) is 85.2 Å². The lowest BCUT2D eigenvalue weighted by Crippen LogP contribution is -2.41. The van der Waals surface area contributed by atoms with Crippen molar-refractivity contribution in [1.29, 1.82) is 0 Å². The number of amides is 1. The minimum atomic E-state index is -1.34. The first-order valence-electron chi connectivity index (χ1n) is 12.2. The van der Waals surface area contributed by atoms with E-state index in [1.807, 2.05) is 13.0 Å². The minimum Gasteiger partial charge on any atom is -0.507 e. The van der Waals surface area contributed by atoms with Crippen LogP contribution in [0.2, 0.25) is 0 Å². The molecule has 0 bridgehead atoms. The fourth-order valence-electron chi connectivity index (χ4n) is 4.23. The number of carboxylic acids is 2. The summed E-state index contributed by atoms with van der Waals surface area (Å²) in [7, 11) is 0. The zero-order valence-electron chi connectivity index (χ0n) is 21.5. The molecule has 1 atom stereocenters. The van der Waals surface area contributed by atoms with Gasteiger partial charge < -0.3 is 25.3 Å². The second-order valence-electron chi connectivity index (χ2n) is 9.63. The molecule has 0 saturated carbocycles. The van der Waals surface area contributed by atoms with Crippen molar-refractivity contribution in [2.75, 3.05) is 0 Å². The molecule has 1 amide bonds. The Balaban J connectivity index is 2.10. The highest BCUT2D eigenvalue weighted by Gasteiger charge is 2.39. The highest BCUT2D eigenvalue weighted by Crippen LogP contribution is 2.40. The number of nitrogens with zero attached hydrogens (tertiary/aromatic N) is 1. The number of hydrogen-bond donors (Lipinski definition) is 4. The van der Waals surface area contributed by atoms with Crippen molar-refractivity contribution in [3.05, 3.63) is 57.7 Å². The molecular weight excluding hydrogens is 462 g/mol. The summed E-state index contributed by atoms with van der Waals surface area (Å²) in [5.74, 6) is -3.61. The van der Waals surface area contributed by atoms with Crippen LogP contribution in [0, 0.1) is 0 Å². The van der Waals surface area contributed by atoms with Crippen molar-refractivity contribution < 1.29 is 34.8 Å². The van der Waals surface area contributed by atoms with Gasteiger partial charge in [-0.25, -0.2) is 4.79 Å². The van der Waals surface area contributed by atoms with Crippen molar-refractivity contribution in [2.24, 2.45) is 0 Å². The van der Waals surface area contributed by atoms with Crippen LogP contribution < -0.4 is 0 Å². The molecule has 1 aromatic rings. The van der Waals surface area contributed by atoms with E-state index in [9.17, 15) is 29.7 Å². The number of phenols is 2. The Morgan fingerprint density at radius 3 is 2.17 bits per heavy atom. The molecule has 0 radical (unpaired) electrons. The molecule has 196 valence electrons. The molecule has 8 heteroatoms. The van der Waals surface area contributed by atoms with Gasteiger partial charge >= 0.3 is 11.9 Å². The first kappa shape index (κ1) is 28.7. The van der Waals surface area contributed by atoms with Crippen LogP contribution in [0.5, 0.6) is 11.5 Å². The summed E-state index contributed by atoms with van der Waals surface area (Å²) in [6.07, 6.45) is 9.76. The minimum absolute atomic E-state index is 0.0322. The number of aromatic hydroxyl groups is 2. The standard InChI is InChI=1S/C28H37NO7/c1-17(2)7-5-8-18(3)9-6-10-19(4)11-12-20-24(30)15-21-22(26(20)33)16-29(27(21)34)23(28(35)36)13-14-25(31)32/h7,9,11,15,23,30,33H,5-6,8,10,12-14,16H2,1-4H3,(H,31,32)(H,35,36)/t23-/m0/s1. The van der Waals surface area contributed by atoms with Crippen LogP contribution in [0.15, 0.2) is 41.0 Å². The molecule has 8 nitrogen and oxygen atoms in total. The van der Waals surface area contributed by atoms with Gasteiger partial charge in [0.1, 0.15) is 17.5 Å². The lowest BCUT2D eigenvalue weighted by Gasteiger charge is -2.23.